The van der Waals surface area contributed by atoms with Crippen LogP contribution in [-0.4, -0.2) is 30.1 Å². The number of carboxylic acids is 1. The van der Waals surface area contributed by atoms with Crippen molar-refractivity contribution < 1.29 is 19.4 Å². The molecule has 0 aromatic heterocycles. The summed E-state index contributed by atoms with van der Waals surface area (Å²) in [5.74, 6) is -1.16. The van der Waals surface area contributed by atoms with Gasteiger partial charge in [-0.3, -0.25) is 9.59 Å². The largest absolute Gasteiger partial charge is 0.492 e. The quantitative estimate of drug-likeness (QED) is 0.846. The fraction of sp³-hybridized carbons (Fsp3) is 0.529. The Morgan fingerprint density at radius 3 is 2.68 bits per heavy atom. The molecule has 0 radical (unpaired) electrons. The molecule has 0 saturated heterocycles. The molecular weight excluding hydrogens is 282 g/mol. The number of fused-ring (bicyclic) bond motifs is 1. The molecule has 0 spiro atoms. The van der Waals surface area contributed by atoms with Crippen LogP contribution in [0.25, 0.3) is 0 Å². The van der Waals surface area contributed by atoms with Crippen molar-refractivity contribution in [1.82, 2.24) is 5.32 Å². The lowest BCUT2D eigenvalue weighted by Gasteiger charge is -2.15. The summed E-state index contributed by atoms with van der Waals surface area (Å²) in [6.45, 7) is 6.43. The molecule has 1 aliphatic heterocycles. The van der Waals surface area contributed by atoms with Gasteiger partial charge in [-0.15, -0.1) is 0 Å². The predicted molar refractivity (Wildman–Crippen MR) is 83.2 cm³/mol. The van der Waals surface area contributed by atoms with Crippen molar-refractivity contribution in [3.63, 3.8) is 0 Å². The molecule has 2 rings (SSSR count). The second-order valence-electron chi connectivity index (χ2n) is 5.91. The normalized spacial score (nSPS) is 17.5. The van der Waals surface area contributed by atoms with Crippen LogP contribution >= 0.6 is 0 Å². The van der Waals surface area contributed by atoms with Gasteiger partial charge in [0.05, 0.1) is 5.92 Å². The summed E-state index contributed by atoms with van der Waals surface area (Å²) in [6, 6.07) is 3.94. The van der Waals surface area contributed by atoms with E-state index in [1.807, 2.05) is 32.9 Å². The summed E-state index contributed by atoms with van der Waals surface area (Å²) < 4.78 is 5.59. The van der Waals surface area contributed by atoms with Gasteiger partial charge in [-0.2, -0.15) is 0 Å². The third-order valence-electron chi connectivity index (χ3n) is 4.23. The Labute approximate surface area is 130 Å². The Morgan fingerprint density at radius 1 is 1.36 bits per heavy atom. The second-order valence-corrected chi connectivity index (χ2v) is 5.91. The molecule has 5 heteroatoms. The highest BCUT2D eigenvalue weighted by Gasteiger charge is 2.31. The molecule has 22 heavy (non-hydrogen) atoms. The summed E-state index contributed by atoms with van der Waals surface area (Å²) in [6.07, 6.45) is 1.34. The minimum Gasteiger partial charge on any atom is -0.492 e. The molecule has 0 fully saturated rings. The van der Waals surface area contributed by atoms with Crippen LogP contribution in [0.4, 0.5) is 0 Å². The fourth-order valence-corrected chi connectivity index (χ4v) is 2.70. The SMILES string of the molecule is CCCC(CNC(=O)C1COc2cc(C)c(C)cc21)C(=O)O. The first kappa shape index (κ1) is 16.3. The number of ether oxygens (including phenoxy) is 1. The van der Waals surface area contributed by atoms with E-state index < -0.39 is 11.9 Å². The van der Waals surface area contributed by atoms with Crippen LogP contribution in [0, 0.1) is 19.8 Å². The molecule has 0 saturated carbocycles. The van der Waals surface area contributed by atoms with E-state index in [9.17, 15) is 9.59 Å². The summed E-state index contributed by atoms with van der Waals surface area (Å²) in [5, 5.41) is 11.9. The van der Waals surface area contributed by atoms with Gasteiger partial charge in [-0.1, -0.05) is 19.4 Å². The first-order valence-electron chi connectivity index (χ1n) is 7.68. The Morgan fingerprint density at radius 2 is 2.05 bits per heavy atom. The van der Waals surface area contributed by atoms with Gasteiger partial charge in [0.1, 0.15) is 18.3 Å². The molecule has 120 valence electrons. The number of aryl methyl sites for hydroxylation is 2. The van der Waals surface area contributed by atoms with Crippen LogP contribution in [0.15, 0.2) is 12.1 Å². The molecule has 0 bridgehead atoms. The number of benzene rings is 1. The smallest absolute Gasteiger partial charge is 0.308 e. The van der Waals surface area contributed by atoms with Crippen molar-refractivity contribution in [2.24, 2.45) is 5.92 Å². The number of amides is 1. The highest BCUT2D eigenvalue weighted by molar-refractivity contribution is 5.86. The average Bonchev–Trinajstić information content (AvgIpc) is 2.86. The van der Waals surface area contributed by atoms with Crippen LogP contribution in [0.5, 0.6) is 5.75 Å². The zero-order chi connectivity index (χ0) is 16.3. The van der Waals surface area contributed by atoms with Gasteiger partial charge >= 0.3 is 5.97 Å². The van der Waals surface area contributed by atoms with Crippen LogP contribution < -0.4 is 10.1 Å². The first-order valence-corrected chi connectivity index (χ1v) is 7.68. The topological polar surface area (TPSA) is 75.6 Å². The van der Waals surface area contributed by atoms with Crippen molar-refractivity contribution in [1.29, 1.82) is 0 Å². The Hall–Kier alpha value is -2.04. The summed E-state index contributed by atoms with van der Waals surface area (Å²) in [5.41, 5.74) is 3.15. The number of aliphatic carboxylic acids is 1. The molecule has 0 aliphatic carbocycles. The number of hydrogen-bond acceptors (Lipinski definition) is 3. The highest BCUT2D eigenvalue weighted by Crippen LogP contribution is 2.36. The van der Waals surface area contributed by atoms with E-state index >= 15 is 0 Å². The van der Waals surface area contributed by atoms with Crippen molar-refractivity contribution in [2.45, 2.75) is 39.5 Å². The lowest BCUT2D eigenvalue weighted by atomic mass is 9.96. The Balaban J connectivity index is 2.04. The molecule has 1 aromatic carbocycles. The lowest BCUT2D eigenvalue weighted by molar-refractivity contribution is -0.142. The van der Waals surface area contributed by atoms with Gasteiger partial charge in [-0.25, -0.2) is 0 Å². The van der Waals surface area contributed by atoms with Gasteiger partial charge in [0.25, 0.3) is 0 Å². The van der Waals surface area contributed by atoms with Crippen molar-refractivity contribution >= 4 is 11.9 Å². The van der Waals surface area contributed by atoms with Gasteiger partial charge < -0.3 is 15.2 Å². The van der Waals surface area contributed by atoms with Crippen LogP contribution in [0.1, 0.15) is 42.4 Å². The number of hydrogen-bond donors (Lipinski definition) is 2. The molecule has 1 amide bonds. The average molecular weight is 305 g/mol. The van der Waals surface area contributed by atoms with Gasteiger partial charge in [0.15, 0.2) is 0 Å². The lowest BCUT2D eigenvalue weighted by Crippen LogP contribution is -2.36. The van der Waals surface area contributed by atoms with Crippen molar-refractivity contribution in [2.75, 3.05) is 13.2 Å². The Bertz CT molecular complexity index is 582. The monoisotopic (exact) mass is 305 g/mol. The van der Waals surface area contributed by atoms with E-state index in [1.165, 1.54) is 0 Å². The highest BCUT2D eigenvalue weighted by atomic mass is 16.5. The maximum absolute atomic E-state index is 12.4. The van der Waals surface area contributed by atoms with E-state index in [0.29, 0.717) is 13.0 Å². The number of carboxylic acid groups (broad SMARTS) is 1. The second kappa shape index (κ2) is 6.81. The van der Waals surface area contributed by atoms with Crippen molar-refractivity contribution in [3.05, 3.63) is 28.8 Å². The van der Waals surface area contributed by atoms with E-state index in [2.05, 4.69) is 5.32 Å². The zero-order valence-corrected chi connectivity index (χ0v) is 13.3. The van der Waals surface area contributed by atoms with Crippen LogP contribution in [0.3, 0.4) is 0 Å². The molecular formula is C17H23NO4. The number of carbonyl (C=O) groups is 2. The molecule has 1 aliphatic rings. The number of carbonyl (C=O) groups excluding carboxylic acids is 1. The molecule has 2 N–H and O–H groups in total. The molecule has 5 nitrogen and oxygen atoms in total. The molecule has 1 heterocycles. The predicted octanol–water partition coefficient (Wildman–Crippen LogP) is 2.40. The standard InChI is InChI=1S/C17H23NO4/c1-4-5-12(17(20)21)8-18-16(19)14-9-22-15-7-11(3)10(2)6-13(14)15/h6-7,12,14H,4-5,8-9H2,1-3H3,(H,18,19)(H,20,21). The number of nitrogens with one attached hydrogen (secondary N) is 1. The minimum atomic E-state index is -0.864. The summed E-state index contributed by atoms with van der Waals surface area (Å²) >= 11 is 0. The maximum atomic E-state index is 12.4. The van der Waals surface area contributed by atoms with Gasteiger partial charge in [0, 0.05) is 12.1 Å². The molecule has 1 aromatic rings. The van der Waals surface area contributed by atoms with Gasteiger partial charge in [-0.05, 0) is 37.5 Å². The number of rotatable bonds is 6. The van der Waals surface area contributed by atoms with Crippen molar-refractivity contribution in [3.8, 4) is 5.75 Å². The van der Waals surface area contributed by atoms with E-state index in [1.54, 1.807) is 0 Å². The maximum Gasteiger partial charge on any atom is 0.308 e. The first-order chi connectivity index (χ1) is 10.4. The van der Waals surface area contributed by atoms with Gasteiger partial charge in [0.2, 0.25) is 5.91 Å². The third-order valence-corrected chi connectivity index (χ3v) is 4.23. The summed E-state index contributed by atoms with van der Waals surface area (Å²) in [7, 11) is 0. The summed E-state index contributed by atoms with van der Waals surface area (Å²) in [4.78, 5) is 23.5. The Kier molecular flexibility index (Phi) is 5.06. The van der Waals surface area contributed by atoms with Crippen LogP contribution in [-0.2, 0) is 9.59 Å². The zero-order valence-electron chi connectivity index (χ0n) is 13.3. The fourth-order valence-electron chi connectivity index (χ4n) is 2.70. The molecule has 2 atom stereocenters. The molecule has 2 unspecified atom stereocenters. The van der Waals surface area contributed by atoms with E-state index in [-0.39, 0.29) is 18.4 Å². The van der Waals surface area contributed by atoms with E-state index in [0.717, 1.165) is 28.9 Å². The van der Waals surface area contributed by atoms with E-state index in [4.69, 9.17) is 9.84 Å². The minimum absolute atomic E-state index is 0.163. The third kappa shape index (κ3) is 3.40. The van der Waals surface area contributed by atoms with Crippen LogP contribution in [0.2, 0.25) is 0 Å².